The van der Waals surface area contributed by atoms with E-state index in [9.17, 15) is 19.7 Å². The van der Waals surface area contributed by atoms with Gasteiger partial charge in [0.1, 0.15) is 0 Å². The van der Waals surface area contributed by atoms with E-state index in [1.165, 1.54) is 24.3 Å². The zero-order valence-electron chi connectivity index (χ0n) is 12.2. The molecule has 118 valence electrons. The number of nitro groups is 1. The van der Waals surface area contributed by atoms with Crippen LogP contribution in [0.1, 0.15) is 13.8 Å². The van der Waals surface area contributed by atoms with Crippen LogP contribution in [0.25, 0.3) is 0 Å². The maximum absolute atomic E-state index is 11.7. The summed E-state index contributed by atoms with van der Waals surface area (Å²) in [6.07, 6.45) is 1.11. The Balaban J connectivity index is 2.89. The zero-order chi connectivity index (χ0) is 16.5. The van der Waals surface area contributed by atoms with Gasteiger partial charge in [-0.25, -0.2) is 0 Å². The zero-order valence-corrected chi connectivity index (χ0v) is 12.2. The number of non-ortho nitro benzene ring substituents is 1. The van der Waals surface area contributed by atoms with E-state index in [4.69, 9.17) is 9.47 Å². The van der Waals surface area contributed by atoms with Crippen molar-refractivity contribution >= 4 is 29.5 Å². The van der Waals surface area contributed by atoms with Crippen molar-refractivity contribution in [2.45, 2.75) is 13.8 Å². The van der Waals surface area contributed by atoms with Gasteiger partial charge >= 0.3 is 11.9 Å². The average Bonchev–Trinajstić information content (AvgIpc) is 2.48. The molecule has 0 aliphatic heterocycles. The molecule has 0 unspecified atom stereocenters. The molecule has 0 aromatic heterocycles. The number of carbonyl (C=O) groups excluding carboxylic acids is 2. The summed E-state index contributed by atoms with van der Waals surface area (Å²) in [6.45, 7) is 3.49. The van der Waals surface area contributed by atoms with Crippen molar-refractivity contribution in [1.29, 1.82) is 0 Å². The number of nitrogens with zero attached hydrogens (tertiary/aromatic N) is 2. The lowest BCUT2D eigenvalue weighted by Gasteiger charge is -2.09. The molecule has 0 atom stereocenters. The summed E-state index contributed by atoms with van der Waals surface area (Å²) in [4.78, 5) is 37.4. The highest BCUT2D eigenvalue weighted by Gasteiger charge is 2.27. The molecule has 0 aliphatic rings. The Morgan fingerprint density at radius 2 is 1.68 bits per heavy atom. The van der Waals surface area contributed by atoms with Crippen LogP contribution < -0.4 is 0 Å². The molecule has 0 spiro atoms. The molecule has 1 rings (SSSR count). The molecule has 1 aromatic carbocycles. The lowest BCUT2D eigenvalue weighted by Crippen LogP contribution is -2.29. The molecule has 0 amide bonds. The molecule has 0 saturated carbocycles. The van der Waals surface area contributed by atoms with Gasteiger partial charge in [-0.1, -0.05) is 0 Å². The Kier molecular flexibility index (Phi) is 6.68. The van der Waals surface area contributed by atoms with Crippen LogP contribution in [-0.2, 0) is 19.1 Å². The predicted molar refractivity (Wildman–Crippen MR) is 78.0 cm³/mol. The first-order chi connectivity index (χ1) is 10.5. The Bertz CT molecular complexity index is 549. The number of nitro benzene ring substituents is 1. The van der Waals surface area contributed by atoms with Crippen molar-refractivity contribution in [2.75, 3.05) is 13.2 Å². The topological polar surface area (TPSA) is 108 Å². The van der Waals surface area contributed by atoms with Crippen LogP contribution >= 0.6 is 0 Å². The van der Waals surface area contributed by atoms with Gasteiger partial charge in [0.2, 0.25) is 0 Å². The van der Waals surface area contributed by atoms with Gasteiger partial charge in [0.15, 0.2) is 5.92 Å². The normalized spacial score (nSPS) is 10.7. The van der Waals surface area contributed by atoms with E-state index >= 15 is 0 Å². The van der Waals surface area contributed by atoms with Crippen molar-refractivity contribution in [3.05, 3.63) is 34.4 Å². The smallest absolute Gasteiger partial charge is 0.325 e. The Morgan fingerprint density at radius 1 is 1.18 bits per heavy atom. The second-order valence-corrected chi connectivity index (χ2v) is 4.03. The number of ether oxygens (including phenoxy) is 2. The Labute approximate surface area is 126 Å². The Morgan fingerprint density at radius 3 is 2.09 bits per heavy atom. The van der Waals surface area contributed by atoms with E-state index < -0.39 is 22.8 Å². The summed E-state index contributed by atoms with van der Waals surface area (Å²) in [6, 6.07) is 5.36. The number of benzene rings is 1. The van der Waals surface area contributed by atoms with Gasteiger partial charge in [0, 0.05) is 18.3 Å². The van der Waals surface area contributed by atoms with Gasteiger partial charge in [0.25, 0.3) is 5.69 Å². The number of aliphatic imine (C=N–C) groups is 1. The lowest BCUT2D eigenvalue weighted by atomic mass is 10.1. The highest BCUT2D eigenvalue weighted by Crippen LogP contribution is 2.18. The van der Waals surface area contributed by atoms with Gasteiger partial charge in [-0.15, -0.1) is 0 Å². The molecule has 1 aromatic rings. The van der Waals surface area contributed by atoms with Crippen molar-refractivity contribution in [1.82, 2.24) is 0 Å². The Hall–Kier alpha value is -2.77. The van der Waals surface area contributed by atoms with E-state index in [1.807, 2.05) is 0 Å². The highest BCUT2D eigenvalue weighted by molar-refractivity contribution is 6.09. The highest BCUT2D eigenvalue weighted by atomic mass is 16.6. The number of esters is 2. The minimum atomic E-state index is -1.27. The number of carbonyl (C=O) groups is 2. The number of rotatable bonds is 7. The minimum absolute atomic E-state index is 0.0775. The van der Waals surface area contributed by atoms with Gasteiger partial charge in [0.05, 0.1) is 23.8 Å². The van der Waals surface area contributed by atoms with Crippen LogP contribution in [0.2, 0.25) is 0 Å². The second-order valence-electron chi connectivity index (χ2n) is 4.03. The average molecular weight is 308 g/mol. The van der Waals surface area contributed by atoms with Gasteiger partial charge in [-0.3, -0.25) is 24.7 Å². The fourth-order valence-corrected chi connectivity index (χ4v) is 1.50. The van der Waals surface area contributed by atoms with Gasteiger partial charge in [-0.2, -0.15) is 0 Å². The minimum Gasteiger partial charge on any atom is -0.465 e. The van der Waals surface area contributed by atoms with Crippen LogP contribution in [-0.4, -0.2) is 36.3 Å². The number of hydrogen-bond acceptors (Lipinski definition) is 7. The third-order valence-corrected chi connectivity index (χ3v) is 2.51. The van der Waals surface area contributed by atoms with E-state index in [1.54, 1.807) is 13.8 Å². The van der Waals surface area contributed by atoms with Crippen LogP contribution in [0.3, 0.4) is 0 Å². The summed E-state index contributed by atoms with van der Waals surface area (Å²) in [5, 5.41) is 10.5. The maximum atomic E-state index is 11.7. The third-order valence-electron chi connectivity index (χ3n) is 2.51. The van der Waals surface area contributed by atoms with E-state index in [2.05, 4.69) is 4.99 Å². The molecule has 8 nitrogen and oxygen atoms in total. The number of hydrogen-bond donors (Lipinski definition) is 0. The second kappa shape index (κ2) is 8.50. The first kappa shape index (κ1) is 17.3. The van der Waals surface area contributed by atoms with E-state index in [0.717, 1.165) is 6.21 Å². The molecule has 0 radical (unpaired) electrons. The van der Waals surface area contributed by atoms with Crippen LogP contribution in [0.5, 0.6) is 0 Å². The van der Waals surface area contributed by atoms with Gasteiger partial charge < -0.3 is 9.47 Å². The third kappa shape index (κ3) is 4.97. The SMILES string of the molecule is CCOC(=O)C(C=Nc1ccc([N+](=O)[O-])cc1)C(=O)OCC. The molecule has 0 N–H and O–H groups in total. The van der Waals surface area contributed by atoms with Crippen molar-refractivity contribution < 1.29 is 24.0 Å². The monoisotopic (exact) mass is 308 g/mol. The summed E-state index contributed by atoms with van der Waals surface area (Å²) in [5.74, 6) is -2.78. The first-order valence-electron chi connectivity index (χ1n) is 6.61. The molecule has 0 heterocycles. The van der Waals surface area contributed by atoms with Gasteiger partial charge in [-0.05, 0) is 26.0 Å². The molecular formula is C14H16N2O6. The molecule has 0 saturated heterocycles. The fourth-order valence-electron chi connectivity index (χ4n) is 1.50. The summed E-state index contributed by atoms with van der Waals surface area (Å²) < 4.78 is 9.58. The summed E-state index contributed by atoms with van der Waals surface area (Å²) >= 11 is 0. The lowest BCUT2D eigenvalue weighted by molar-refractivity contribution is -0.384. The van der Waals surface area contributed by atoms with E-state index in [-0.39, 0.29) is 18.9 Å². The molecule has 0 fully saturated rings. The fraction of sp³-hybridized carbons (Fsp3) is 0.357. The summed E-state index contributed by atoms with van der Waals surface area (Å²) in [5.41, 5.74) is 0.287. The van der Waals surface area contributed by atoms with Crippen molar-refractivity contribution in [3.63, 3.8) is 0 Å². The first-order valence-corrected chi connectivity index (χ1v) is 6.61. The van der Waals surface area contributed by atoms with Crippen LogP contribution in [0.15, 0.2) is 29.3 Å². The standard InChI is InChI=1S/C14H16N2O6/c1-3-21-13(17)12(14(18)22-4-2)9-15-10-5-7-11(8-6-10)16(19)20/h5-9,12H,3-4H2,1-2H3. The van der Waals surface area contributed by atoms with E-state index in [0.29, 0.717) is 5.69 Å². The maximum Gasteiger partial charge on any atom is 0.325 e. The van der Waals surface area contributed by atoms with Crippen LogP contribution in [0.4, 0.5) is 11.4 Å². The largest absolute Gasteiger partial charge is 0.465 e. The molecule has 22 heavy (non-hydrogen) atoms. The predicted octanol–water partition coefficient (Wildman–Crippen LogP) is 2.04. The summed E-state index contributed by atoms with van der Waals surface area (Å²) in [7, 11) is 0. The van der Waals surface area contributed by atoms with Crippen molar-refractivity contribution in [3.8, 4) is 0 Å². The van der Waals surface area contributed by atoms with Crippen LogP contribution in [0, 0.1) is 16.0 Å². The quantitative estimate of drug-likeness (QED) is 0.251. The molecule has 8 heteroatoms. The molecular weight excluding hydrogens is 292 g/mol. The molecule has 0 bridgehead atoms. The molecule has 0 aliphatic carbocycles. The van der Waals surface area contributed by atoms with Crippen molar-refractivity contribution in [2.24, 2.45) is 10.9 Å².